The van der Waals surface area contributed by atoms with E-state index in [-0.39, 0.29) is 29.9 Å². The Bertz CT molecular complexity index is 935. The third kappa shape index (κ3) is 4.48. The molecule has 2 saturated heterocycles. The summed E-state index contributed by atoms with van der Waals surface area (Å²) in [5, 5.41) is 8.04. The smallest absolute Gasteiger partial charge is 0.237 e. The fourth-order valence-electron chi connectivity index (χ4n) is 5.24. The molecule has 168 valence electrons. The summed E-state index contributed by atoms with van der Waals surface area (Å²) in [6.45, 7) is 7.82. The summed E-state index contributed by atoms with van der Waals surface area (Å²) in [5.41, 5.74) is 2.52. The molecule has 7 heteroatoms. The van der Waals surface area contributed by atoms with Gasteiger partial charge >= 0.3 is 0 Å². The number of hydrogen-bond donors (Lipinski definition) is 2. The van der Waals surface area contributed by atoms with Gasteiger partial charge in [0, 0.05) is 75.4 Å². The molecular formula is C24H35N5O2. The van der Waals surface area contributed by atoms with Crippen LogP contribution in [0.15, 0.2) is 30.5 Å². The summed E-state index contributed by atoms with van der Waals surface area (Å²) in [4.78, 5) is 29.2. The van der Waals surface area contributed by atoms with Crippen LogP contribution in [-0.4, -0.2) is 70.5 Å². The normalized spacial score (nSPS) is 23.7. The second-order valence-electron chi connectivity index (χ2n) is 8.81. The summed E-state index contributed by atoms with van der Waals surface area (Å²) >= 11 is 0. The number of benzene rings is 1. The number of hydrogen-bond acceptors (Lipinski definition) is 4. The van der Waals surface area contributed by atoms with Gasteiger partial charge in [-0.2, -0.15) is 0 Å². The van der Waals surface area contributed by atoms with E-state index < -0.39 is 0 Å². The molecule has 0 bridgehead atoms. The molecule has 2 aromatic rings. The Morgan fingerprint density at radius 2 is 2.03 bits per heavy atom. The van der Waals surface area contributed by atoms with Gasteiger partial charge in [0.25, 0.3) is 0 Å². The summed E-state index contributed by atoms with van der Waals surface area (Å²) in [6, 6.07) is 8.87. The zero-order valence-electron chi connectivity index (χ0n) is 18.9. The molecule has 0 spiro atoms. The SMILES string of the molecule is CCN(CC)C(=O)CC[C@H]1CNC(=O)[C@H]2C[C@H](NCc3cn(C)c4ccccc34)CN12. The Labute approximate surface area is 184 Å². The predicted molar refractivity (Wildman–Crippen MR) is 123 cm³/mol. The fourth-order valence-corrected chi connectivity index (χ4v) is 5.24. The minimum absolute atomic E-state index is 0.0904. The lowest BCUT2D eigenvalue weighted by atomic mass is 10.0. The largest absolute Gasteiger partial charge is 0.353 e. The molecule has 2 fully saturated rings. The molecule has 2 aliphatic heterocycles. The second-order valence-corrected chi connectivity index (χ2v) is 8.81. The van der Waals surface area contributed by atoms with E-state index in [0.717, 1.165) is 39.0 Å². The van der Waals surface area contributed by atoms with Crippen molar-refractivity contribution in [3.05, 3.63) is 36.0 Å². The molecule has 1 aromatic heterocycles. The van der Waals surface area contributed by atoms with Gasteiger partial charge in [0.2, 0.25) is 11.8 Å². The van der Waals surface area contributed by atoms with Gasteiger partial charge in [-0.1, -0.05) is 18.2 Å². The summed E-state index contributed by atoms with van der Waals surface area (Å²) in [5.74, 6) is 0.337. The van der Waals surface area contributed by atoms with Gasteiger partial charge in [-0.05, 0) is 38.3 Å². The van der Waals surface area contributed by atoms with Crippen molar-refractivity contribution >= 4 is 22.7 Å². The van der Waals surface area contributed by atoms with Crippen LogP contribution in [0.3, 0.4) is 0 Å². The average Bonchev–Trinajstić information content (AvgIpc) is 3.35. The molecule has 2 amide bonds. The molecule has 7 nitrogen and oxygen atoms in total. The highest BCUT2D eigenvalue weighted by Crippen LogP contribution is 2.27. The molecule has 0 saturated carbocycles. The molecule has 2 N–H and O–H groups in total. The van der Waals surface area contributed by atoms with Crippen molar-refractivity contribution in [2.45, 2.75) is 57.8 Å². The van der Waals surface area contributed by atoms with E-state index in [1.165, 1.54) is 16.5 Å². The van der Waals surface area contributed by atoms with E-state index in [9.17, 15) is 9.59 Å². The number of amides is 2. The topological polar surface area (TPSA) is 69.6 Å². The number of nitrogens with zero attached hydrogens (tertiary/aromatic N) is 3. The molecule has 4 rings (SSSR count). The highest BCUT2D eigenvalue weighted by Gasteiger charge is 2.43. The van der Waals surface area contributed by atoms with Gasteiger partial charge in [0.05, 0.1) is 6.04 Å². The Kier molecular flexibility index (Phi) is 6.62. The van der Waals surface area contributed by atoms with Gasteiger partial charge in [0.1, 0.15) is 0 Å². The van der Waals surface area contributed by atoms with Crippen LogP contribution < -0.4 is 10.6 Å². The van der Waals surface area contributed by atoms with Crippen LogP contribution in [0.2, 0.25) is 0 Å². The number of piperazine rings is 1. The van der Waals surface area contributed by atoms with Crippen LogP contribution in [-0.2, 0) is 23.2 Å². The first-order valence-electron chi connectivity index (χ1n) is 11.6. The minimum atomic E-state index is -0.0904. The fraction of sp³-hybridized carbons (Fsp3) is 0.583. The van der Waals surface area contributed by atoms with Crippen molar-refractivity contribution < 1.29 is 9.59 Å². The highest BCUT2D eigenvalue weighted by molar-refractivity contribution is 5.84. The lowest BCUT2D eigenvalue weighted by Crippen LogP contribution is -2.58. The number of aryl methyl sites for hydroxylation is 1. The highest BCUT2D eigenvalue weighted by atomic mass is 16.2. The molecule has 3 atom stereocenters. The second kappa shape index (κ2) is 9.40. The van der Waals surface area contributed by atoms with Gasteiger partial charge < -0.3 is 20.1 Å². The van der Waals surface area contributed by atoms with Gasteiger partial charge in [-0.25, -0.2) is 0 Å². The van der Waals surface area contributed by atoms with Crippen molar-refractivity contribution in [1.29, 1.82) is 0 Å². The predicted octanol–water partition coefficient (Wildman–Crippen LogP) is 1.86. The molecular weight excluding hydrogens is 390 g/mol. The molecule has 0 aliphatic carbocycles. The first-order valence-corrected chi connectivity index (χ1v) is 11.6. The van der Waals surface area contributed by atoms with E-state index in [1.807, 2.05) is 18.7 Å². The third-order valence-electron chi connectivity index (χ3n) is 6.99. The van der Waals surface area contributed by atoms with Gasteiger partial charge in [-0.3, -0.25) is 14.5 Å². The van der Waals surface area contributed by atoms with Gasteiger partial charge in [0.15, 0.2) is 0 Å². The number of carbonyl (C=O) groups is 2. The summed E-state index contributed by atoms with van der Waals surface area (Å²) in [7, 11) is 2.08. The monoisotopic (exact) mass is 425 g/mol. The summed E-state index contributed by atoms with van der Waals surface area (Å²) in [6.07, 6.45) is 4.34. The van der Waals surface area contributed by atoms with Crippen LogP contribution >= 0.6 is 0 Å². The minimum Gasteiger partial charge on any atom is -0.353 e. The van der Waals surface area contributed by atoms with Crippen molar-refractivity contribution in [2.75, 3.05) is 26.2 Å². The van der Waals surface area contributed by atoms with E-state index in [0.29, 0.717) is 13.0 Å². The number of nitrogens with one attached hydrogen (secondary N) is 2. The average molecular weight is 426 g/mol. The maximum atomic E-state index is 12.5. The van der Waals surface area contributed by atoms with Crippen molar-refractivity contribution in [3.8, 4) is 0 Å². The number of fused-ring (bicyclic) bond motifs is 2. The molecule has 0 unspecified atom stereocenters. The Morgan fingerprint density at radius 3 is 2.81 bits per heavy atom. The van der Waals surface area contributed by atoms with E-state index in [4.69, 9.17) is 0 Å². The Morgan fingerprint density at radius 1 is 1.26 bits per heavy atom. The Balaban J connectivity index is 1.37. The molecule has 3 heterocycles. The summed E-state index contributed by atoms with van der Waals surface area (Å²) < 4.78 is 2.17. The van der Waals surface area contributed by atoms with Crippen LogP contribution in [0.1, 0.15) is 38.7 Å². The van der Waals surface area contributed by atoms with Gasteiger partial charge in [-0.15, -0.1) is 0 Å². The van der Waals surface area contributed by atoms with E-state index >= 15 is 0 Å². The van der Waals surface area contributed by atoms with Crippen molar-refractivity contribution in [1.82, 2.24) is 25.0 Å². The van der Waals surface area contributed by atoms with Crippen LogP contribution in [0.5, 0.6) is 0 Å². The third-order valence-corrected chi connectivity index (χ3v) is 6.99. The maximum absolute atomic E-state index is 12.5. The number of carbonyl (C=O) groups excluding carboxylic acids is 2. The number of aromatic nitrogens is 1. The van der Waals surface area contributed by atoms with E-state index in [2.05, 4.69) is 57.6 Å². The molecule has 0 radical (unpaired) electrons. The lowest BCUT2D eigenvalue weighted by molar-refractivity contribution is -0.132. The quantitative estimate of drug-likeness (QED) is 0.677. The zero-order chi connectivity index (χ0) is 22.0. The lowest BCUT2D eigenvalue weighted by Gasteiger charge is -2.37. The molecule has 31 heavy (non-hydrogen) atoms. The van der Waals surface area contributed by atoms with Crippen LogP contribution in [0.25, 0.3) is 10.9 Å². The van der Waals surface area contributed by atoms with Crippen LogP contribution in [0, 0.1) is 0 Å². The zero-order valence-corrected chi connectivity index (χ0v) is 18.9. The maximum Gasteiger partial charge on any atom is 0.237 e. The van der Waals surface area contributed by atoms with Crippen molar-refractivity contribution in [3.63, 3.8) is 0 Å². The van der Waals surface area contributed by atoms with Crippen molar-refractivity contribution in [2.24, 2.45) is 7.05 Å². The first-order chi connectivity index (χ1) is 15.0. The van der Waals surface area contributed by atoms with Crippen LogP contribution in [0.4, 0.5) is 0 Å². The molecule has 2 aliphatic rings. The standard InChI is InChI=1S/C24H35N5O2/c1-4-28(5-2)23(30)11-10-19-14-26-24(31)22-12-18(16-29(19)22)25-13-17-15-27(3)21-9-7-6-8-20(17)21/h6-9,15,18-19,22,25H,4-5,10-14,16H2,1-3H3,(H,26,31)/t18-,19-,22+/m0/s1. The Hall–Kier alpha value is -2.38. The first kappa shape index (κ1) is 21.8. The molecule has 1 aromatic carbocycles. The van der Waals surface area contributed by atoms with E-state index in [1.54, 1.807) is 0 Å². The number of para-hydroxylation sites is 1. The number of rotatable bonds is 8.